The van der Waals surface area contributed by atoms with Gasteiger partial charge in [0.1, 0.15) is 11.4 Å². The highest BCUT2D eigenvalue weighted by atomic mass is 35.5. The first-order chi connectivity index (χ1) is 12.7. The molecule has 0 radical (unpaired) electrons. The highest BCUT2D eigenvalue weighted by Crippen LogP contribution is 2.33. The Morgan fingerprint density at radius 3 is 2.27 bits per heavy atom. The van der Waals surface area contributed by atoms with Gasteiger partial charge in [0.15, 0.2) is 0 Å². The van der Waals surface area contributed by atoms with Gasteiger partial charge < -0.3 is 4.74 Å². The van der Waals surface area contributed by atoms with Crippen molar-refractivity contribution in [2.45, 2.75) is 0 Å². The maximum absolute atomic E-state index is 6.20. The van der Waals surface area contributed by atoms with Gasteiger partial charge in [-0.3, -0.25) is 0 Å². The van der Waals surface area contributed by atoms with Gasteiger partial charge in [0.25, 0.3) is 0 Å². The second-order valence-electron chi connectivity index (χ2n) is 5.91. The van der Waals surface area contributed by atoms with E-state index in [4.69, 9.17) is 21.4 Å². The van der Waals surface area contributed by atoms with Gasteiger partial charge in [0.2, 0.25) is 0 Å². The molecule has 4 rings (SSSR count). The van der Waals surface area contributed by atoms with E-state index < -0.39 is 0 Å². The van der Waals surface area contributed by atoms with Crippen molar-refractivity contribution in [1.29, 1.82) is 0 Å². The highest BCUT2D eigenvalue weighted by molar-refractivity contribution is 6.30. The second kappa shape index (κ2) is 7.06. The maximum atomic E-state index is 6.20. The Balaban J connectivity index is 1.87. The zero-order valence-corrected chi connectivity index (χ0v) is 15.0. The Labute approximate surface area is 157 Å². The van der Waals surface area contributed by atoms with E-state index in [2.05, 4.69) is 12.1 Å². The molecule has 0 bridgehead atoms. The fraction of sp³-hybridized carbons (Fsp3) is 0.0455. The minimum absolute atomic E-state index is 0.695. The summed E-state index contributed by atoms with van der Waals surface area (Å²) in [4.78, 5) is 0. The third-order valence-corrected chi connectivity index (χ3v) is 4.47. The summed E-state index contributed by atoms with van der Waals surface area (Å²) in [6, 6.07) is 25.9. The molecule has 1 heterocycles. The Morgan fingerprint density at radius 2 is 1.58 bits per heavy atom. The average molecular weight is 361 g/mol. The van der Waals surface area contributed by atoms with Gasteiger partial charge in [-0.05, 0) is 42.0 Å². The number of hydrogen-bond acceptors (Lipinski definition) is 2. The van der Waals surface area contributed by atoms with Crippen LogP contribution in [0.5, 0.6) is 5.75 Å². The molecule has 0 atom stereocenters. The lowest BCUT2D eigenvalue weighted by Crippen LogP contribution is -1.95. The van der Waals surface area contributed by atoms with Crippen LogP contribution in [-0.4, -0.2) is 16.9 Å². The number of benzene rings is 3. The largest absolute Gasteiger partial charge is 0.497 e. The van der Waals surface area contributed by atoms with Crippen LogP contribution in [0.1, 0.15) is 0 Å². The molecular formula is C22H17ClN2O. The van der Waals surface area contributed by atoms with Gasteiger partial charge in [0.05, 0.1) is 12.8 Å². The third kappa shape index (κ3) is 3.22. The monoisotopic (exact) mass is 360 g/mol. The van der Waals surface area contributed by atoms with Crippen LogP contribution < -0.4 is 4.74 Å². The predicted octanol–water partition coefficient (Wildman–Crippen LogP) is 5.87. The molecule has 0 N–H and O–H groups in total. The van der Waals surface area contributed by atoms with Gasteiger partial charge in [-0.15, -0.1) is 0 Å². The first kappa shape index (κ1) is 16.4. The van der Waals surface area contributed by atoms with Crippen LogP contribution in [0.4, 0.5) is 0 Å². The quantitative estimate of drug-likeness (QED) is 0.455. The van der Waals surface area contributed by atoms with Crippen LogP contribution in [0.25, 0.3) is 28.1 Å². The summed E-state index contributed by atoms with van der Waals surface area (Å²) in [7, 11) is 1.66. The Bertz CT molecular complexity index is 1020. The molecule has 0 saturated heterocycles. The van der Waals surface area contributed by atoms with Crippen molar-refractivity contribution in [2.24, 2.45) is 0 Å². The molecule has 1 aromatic heterocycles. The van der Waals surface area contributed by atoms with Crippen LogP contribution in [0.15, 0.2) is 85.1 Å². The smallest absolute Gasteiger partial charge is 0.119 e. The Morgan fingerprint density at radius 1 is 0.846 bits per heavy atom. The normalized spacial score (nSPS) is 10.7. The van der Waals surface area contributed by atoms with Crippen molar-refractivity contribution >= 4 is 11.6 Å². The lowest BCUT2D eigenvalue weighted by Gasteiger charge is -2.03. The van der Waals surface area contributed by atoms with Crippen molar-refractivity contribution in [3.05, 3.63) is 90.1 Å². The maximum Gasteiger partial charge on any atom is 0.119 e. The summed E-state index contributed by atoms with van der Waals surface area (Å²) in [5.41, 5.74) is 5.03. The minimum atomic E-state index is 0.695. The topological polar surface area (TPSA) is 27.1 Å². The lowest BCUT2D eigenvalue weighted by molar-refractivity contribution is 0.414. The number of halogens is 1. The Hall–Kier alpha value is -3.04. The zero-order valence-electron chi connectivity index (χ0n) is 14.3. The summed E-state index contributed by atoms with van der Waals surface area (Å²) >= 11 is 6.20. The van der Waals surface area contributed by atoms with E-state index in [1.807, 2.05) is 77.6 Å². The number of nitrogens with zero attached hydrogens (tertiary/aromatic N) is 2. The van der Waals surface area contributed by atoms with Gasteiger partial charge >= 0.3 is 0 Å². The third-order valence-electron chi connectivity index (χ3n) is 4.23. The number of ether oxygens (including phenoxy) is 1. The second-order valence-corrected chi connectivity index (χ2v) is 6.35. The molecule has 3 aromatic carbocycles. The molecule has 0 aliphatic rings. The standard InChI is InChI=1S/C22H17ClN2O/c1-26-20-12-10-19(11-13-20)25-15-21(16-6-3-2-4-7-16)22(24-25)17-8-5-9-18(23)14-17/h2-15H,1H3. The SMILES string of the molecule is COc1ccc(-n2cc(-c3ccccc3)c(-c3cccc(Cl)c3)n2)cc1. The van der Waals surface area contributed by atoms with Gasteiger partial charge in [0, 0.05) is 22.3 Å². The number of methoxy groups -OCH3 is 1. The molecule has 26 heavy (non-hydrogen) atoms. The zero-order chi connectivity index (χ0) is 17.9. The Kier molecular flexibility index (Phi) is 4.46. The molecule has 0 spiro atoms. The van der Waals surface area contributed by atoms with Crippen molar-refractivity contribution in [3.8, 4) is 33.8 Å². The first-order valence-electron chi connectivity index (χ1n) is 8.30. The molecule has 0 aliphatic carbocycles. The van der Waals surface area contributed by atoms with Gasteiger partial charge in [-0.25, -0.2) is 4.68 Å². The van der Waals surface area contributed by atoms with Gasteiger partial charge in [-0.2, -0.15) is 5.10 Å². The summed E-state index contributed by atoms with van der Waals surface area (Å²) in [6.07, 6.45) is 2.05. The summed E-state index contributed by atoms with van der Waals surface area (Å²) in [5, 5.41) is 5.54. The van der Waals surface area contributed by atoms with Gasteiger partial charge in [-0.1, -0.05) is 54.1 Å². The van der Waals surface area contributed by atoms with Crippen LogP contribution >= 0.6 is 11.6 Å². The van der Waals surface area contributed by atoms with E-state index in [0.717, 1.165) is 33.8 Å². The molecule has 0 saturated carbocycles. The fourth-order valence-electron chi connectivity index (χ4n) is 2.92. The lowest BCUT2D eigenvalue weighted by atomic mass is 10.0. The first-order valence-corrected chi connectivity index (χ1v) is 8.68. The van der Waals surface area contributed by atoms with Crippen molar-refractivity contribution in [3.63, 3.8) is 0 Å². The van der Waals surface area contributed by atoms with Crippen LogP contribution in [0, 0.1) is 0 Å². The van der Waals surface area contributed by atoms with E-state index in [0.29, 0.717) is 5.02 Å². The van der Waals surface area contributed by atoms with E-state index in [-0.39, 0.29) is 0 Å². The molecule has 4 aromatic rings. The van der Waals surface area contributed by atoms with E-state index >= 15 is 0 Å². The number of hydrogen-bond donors (Lipinski definition) is 0. The van der Waals surface area contributed by atoms with Crippen molar-refractivity contribution < 1.29 is 4.74 Å². The van der Waals surface area contributed by atoms with E-state index in [1.54, 1.807) is 7.11 Å². The summed E-state index contributed by atoms with van der Waals surface area (Å²) in [5.74, 6) is 0.819. The molecule has 0 aliphatic heterocycles. The number of rotatable bonds is 4. The molecule has 0 fully saturated rings. The molecule has 0 amide bonds. The van der Waals surface area contributed by atoms with E-state index in [1.165, 1.54) is 0 Å². The highest BCUT2D eigenvalue weighted by Gasteiger charge is 2.14. The molecule has 4 heteroatoms. The van der Waals surface area contributed by atoms with E-state index in [9.17, 15) is 0 Å². The summed E-state index contributed by atoms with van der Waals surface area (Å²) in [6.45, 7) is 0. The minimum Gasteiger partial charge on any atom is -0.497 e. The van der Waals surface area contributed by atoms with Crippen molar-refractivity contribution in [1.82, 2.24) is 9.78 Å². The van der Waals surface area contributed by atoms with Crippen LogP contribution in [0.3, 0.4) is 0 Å². The number of aromatic nitrogens is 2. The molecule has 3 nitrogen and oxygen atoms in total. The summed E-state index contributed by atoms with van der Waals surface area (Å²) < 4.78 is 7.13. The van der Waals surface area contributed by atoms with Crippen LogP contribution in [0.2, 0.25) is 5.02 Å². The molecular weight excluding hydrogens is 344 g/mol. The average Bonchev–Trinajstić information content (AvgIpc) is 3.14. The fourth-order valence-corrected chi connectivity index (χ4v) is 3.11. The predicted molar refractivity (Wildman–Crippen MR) is 106 cm³/mol. The van der Waals surface area contributed by atoms with Crippen LogP contribution in [-0.2, 0) is 0 Å². The van der Waals surface area contributed by atoms with Crippen molar-refractivity contribution in [2.75, 3.05) is 7.11 Å². The molecule has 0 unspecified atom stereocenters. The molecule has 128 valence electrons.